The summed E-state index contributed by atoms with van der Waals surface area (Å²) in [6, 6.07) is 3.95. The van der Waals surface area contributed by atoms with Gasteiger partial charge in [-0.1, -0.05) is 0 Å². The second kappa shape index (κ2) is 5.49. The number of Topliss-reactive ketones (excluding diaryl/α,β-unsaturated/α-hetero) is 1. The van der Waals surface area contributed by atoms with Crippen molar-refractivity contribution in [3.05, 3.63) is 46.0 Å². The smallest absolute Gasteiger partial charge is 0.377 e. The van der Waals surface area contributed by atoms with Crippen LogP contribution >= 0.6 is 0 Å². The molecule has 9 nitrogen and oxygen atoms in total. The number of nitro benzene ring substituents is 1. The van der Waals surface area contributed by atoms with E-state index in [-0.39, 0.29) is 28.5 Å². The Balaban J connectivity index is 2.53. The topological polar surface area (TPSA) is 117 Å². The molecule has 1 aromatic heterocycles. The lowest BCUT2D eigenvalue weighted by molar-refractivity contribution is -0.384. The number of esters is 1. The number of hydrogen-bond donors (Lipinski definition) is 0. The summed E-state index contributed by atoms with van der Waals surface area (Å²) in [5, 5.41) is 14.9. The number of methoxy groups -OCH3 is 1. The molecular formula is C12H10N4O5. The number of ketones is 1. The van der Waals surface area contributed by atoms with Crippen molar-refractivity contribution in [2.24, 2.45) is 0 Å². The van der Waals surface area contributed by atoms with E-state index >= 15 is 0 Å². The summed E-state index contributed by atoms with van der Waals surface area (Å²) in [6.07, 6.45) is 1.15. The Kier molecular flexibility index (Phi) is 3.74. The summed E-state index contributed by atoms with van der Waals surface area (Å²) in [4.78, 5) is 36.7. The van der Waals surface area contributed by atoms with Crippen molar-refractivity contribution in [2.45, 2.75) is 6.92 Å². The first-order valence-corrected chi connectivity index (χ1v) is 5.73. The fraction of sp³-hybridized carbons (Fsp3) is 0.167. The number of carbonyl (C=O) groups excluding carboxylic acids is 2. The number of ether oxygens (including phenoxy) is 1. The Morgan fingerprint density at radius 2 is 2.10 bits per heavy atom. The molecule has 2 aromatic rings. The minimum atomic E-state index is -0.753. The highest BCUT2D eigenvalue weighted by molar-refractivity contribution is 5.95. The number of rotatable bonds is 4. The van der Waals surface area contributed by atoms with Gasteiger partial charge in [0.25, 0.3) is 11.5 Å². The summed E-state index contributed by atoms with van der Waals surface area (Å²) in [6.45, 7) is 1.31. The van der Waals surface area contributed by atoms with Crippen LogP contribution in [0.5, 0.6) is 0 Å². The molecule has 0 N–H and O–H groups in total. The molecule has 9 heteroatoms. The minimum absolute atomic E-state index is 0.0904. The van der Waals surface area contributed by atoms with E-state index in [1.54, 1.807) is 0 Å². The Morgan fingerprint density at radius 3 is 2.67 bits per heavy atom. The zero-order chi connectivity index (χ0) is 15.6. The molecule has 0 aliphatic carbocycles. The maximum atomic E-state index is 11.3. The normalized spacial score (nSPS) is 10.2. The molecule has 0 radical (unpaired) electrons. The van der Waals surface area contributed by atoms with Crippen molar-refractivity contribution in [1.29, 1.82) is 0 Å². The zero-order valence-electron chi connectivity index (χ0n) is 11.1. The quantitative estimate of drug-likeness (QED) is 0.359. The summed E-state index contributed by atoms with van der Waals surface area (Å²) < 4.78 is 5.54. The average molecular weight is 290 g/mol. The second-order valence-corrected chi connectivity index (χ2v) is 4.02. The van der Waals surface area contributed by atoms with Gasteiger partial charge in [-0.15, -0.1) is 5.10 Å². The highest BCUT2D eigenvalue weighted by Crippen LogP contribution is 2.24. The number of aromatic nitrogens is 3. The molecule has 21 heavy (non-hydrogen) atoms. The first-order chi connectivity index (χ1) is 9.93. The van der Waals surface area contributed by atoms with Crippen molar-refractivity contribution in [1.82, 2.24) is 14.8 Å². The van der Waals surface area contributed by atoms with Gasteiger partial charge in [0.1, 0.15) is 12.0 Å². The van der Waals surface area contributed by atoms with E-state index in [1.807, 2.05) is 0 Å². The summed E-state index contributed by atoms with van der Waals surface area (Å²) in [7, 11) is 1.17. The Hall–Kier alpha value is -3.10. The van der Waals surface area contributed by atoms with Crippen molar-refractivity contribution in [3.8, 4) is 5.69 Å². The van der Waals surface area contributed by atoms with Gasteiger partial charge in [0.05, 0.1) is 12.0 Å². The van der Waals surface area contributed by atoms with Crippen molar-refractivity contribution < 1.29 is 19.2 Å². The Labute approximate surface area is 118 Å². The molecule has 2 rings (SSSR count). The largest absolute Gasteiger partial charge is 0.463 e. The van der Waals surface area contributed by atoms with Crippen LogP contribution in [0.3, 0.4) is 0 Å². The SMILES string of the molecule is COC(=O)c1ncn(-c2ccc(C(C)=O)cc2[N+](=O)[O-])n1. The maximum absolute atomic E-state index is 11.3. The first kappa shape index (κ1) is 14.3. The lowest BCUT2D eigenvalue weighted by Gasteiger charge is -2.03. The van der Waals surface area contributed by atoms with E-state index in [0.717, 1.165) is 17.1 Å². The van der Waals surface area contributed by atoms with E-state index in [4.69, 9.17) is 0 Å². The lowest BCUT2D eigenvalue weighted by Crippen LogP contribution is -2.07. The van der Waals surface area contributed by atoms with Crippen LogP contribution in [0, 0.1) is 10.1 Å². The molecular weight excluding hydrogens is 280 g/mol. The number of carbonyl (C=O) groups is 2. The molecule has 1 heterocycles. The van der Waals surface area contributed by atoms with Gasteiger partial charge < -0.3 is 4.74 Å². The van der Waals surface area contributed by atoms with Gasteiger partial charge in [-0.2, -0.15) is 0 Å². The van der Waals surface area contributed by atoms with Gasteiger partial charge in [0, 0.05) is 11.6 Å². The molecule has 0 bridgehead atoms. The molecule has 0 unspecified atom stereocenters. The summed E-state index contributed by atoms with van der Waals surface area (Å²) in [5.41, 5.74) is -0.0181. The third-order valence-electron chi connectivity index (χ3n) is 2.69. The first-order valence-electron chi connectivity index (χ1n) is 5.73. The molecule has 0 saturated carbocycles. The van der Waals surface area contributed by atoms with Crippen LogP contribution in [0.4, 0.5) is 5.69 Å². The van der Waals surface area contributed by atoms with Crippen LogP contribution in [0.1, 0.15) is 27.9 Å². The Morgan fingerprint density at radius 1 is 1.38 bits per heavy atom. The van der Waals surface area contributed by atoms with Crippen LogP contribution in [-0.2, 0) is 4.74 Å². The molecule has 0 aliphatic rings. The van der Waals surface area contributed by atoms with Crippen LogP contribution in [0.2, 0.25) is 0 Å². The average Bonchev–Trinajstić information content (AvgIpc) is 2.95. The molecule has 0 atom stereocenters. The van der Waals surface area contributed by atoms with Gasteiger partial charge in [0.2, 0.25) is 0 Å². The molecule has 0 aliphatic heterocycles. The number of benzene rings is 1. The van der Waals surface area contributed by atoms with Gasteiger partial charge in [-0.3, -0.25) is 14.9 Å². The minimum Gasteiger partial charge on any atom is -0.463 e. The van der Waals surface area contributed by atoms with Gasteiger partial charge in [-0.05, 0) is 19.1 Å². The lowest BCUT2D eigenvalue weighted by atomic mass is 10.1. The summed E-state index contributed by atoms with van der Waals surface area (Å²) >= 11 is 0. The second-order valence-electron chi connectivity index (χ2n) is 4.02. The predicted molar refractivity (Wildman–Crippen MR) is 69.4 cm³/mol. The highest BCUT2D eigenvalue weighted by atomic mass is 16.6. The zero-order valence-corrected chi connectivity index (χ0v) is 11.1. The van der Waals surface area contributed by atoms with E-state index in [9.17, 15) is 19.7 Å². The molecule has 1 aromatic carbocycles. The van der Waals surface area contributed by atoms with Crippen LogP contribution in [-0.4, -0.2) is 38.6 Å². The monoisotopic (exact) mass is 290 g/mol. The number of nitrogens with zero attached hydrogens (tertiary/aromatic N) is 4. The molecule has 0 amide bonds. The molecule has 0 saturated heterocycles. The van der Waals surface area contributed by atoms with Crippen LogP contribution in [0.25, 0.3) is 5.69 Å². The predicted octanol–water partition coefficient (Wildman–Crippen LogP) is 1.16. The molecule has 108 valence electrons. The van der Waals surface area contributed by atoms with Gasteiger partial charge >= 0.3 is 5.97 Å². The highest BCUT2D eigenvalue weighted by Gasteiger charge is 2.20. The fourth-order valence-electron chi connectivity index (χ4n) is 1.65. The standard InChI is InChI=1S/C12H10N4O5/c1-7(17)8-3-4-9(10(5-8)16(19)20)15-6-13-11(14-15)12(18)21-2/h3-6H,1-2H3. The Bertz CT molecular complexity index is 737. The van der Waals surface area contributed by atoms with Crippen LogP contribution < -0.4 is 0 Å². The van der Waals surface area contributed by atoms with E-state index in [0.29, 0.717) is 0 Å². The molecule has 0 spiro atoms. The van der Waals surface area contributed by atoms with E-state index in [2.05, 4.69) is 14.8 Å². The number of hydrogen-bond acceptors (Lipinski definition) is 7. The van der Waals surface area contributed by atoms with Gasteiger partial charge in [-0.25, -0.2) is 14.5 Å². The maximum Gasteiger partial charge on any atom is 0.377 e. The third kappa shape index (κ3) is 2.76. The van der Waals surface area contributed by atoms with E-state index in [1.165, 1.54) is 26.2 Å². The van der Waals surface area contributed by atoms with Crippen molar-refractivity contribution >= 4 is 17.4 Å². The van der Waals surface area contributed by atoms with Gasteiger partial charge in [0.15, 0.2) is 5.78 Å². The van der Waals surface area contributed by atoms with E-state index < -0.39 is 10.9 Å². The fourth-order valence-corrected chi connectivity index (χ4v) is 1.65. The van der Waals surface area contributed by atoms with Crippen LogP contribution in [0.15, 0.2) is 24.5 Å². The van der Waals surface area contributed by atoms with Crippen molar-refractivity contribution in [2.75, 3.05) is 7.11 Å². The summed E-state index contributed by atoms with van der Waals surface area (Å²) in [5.74, 6) is -1.27. The third-order valence-corrected chi connectivity index (χ3v) is 2.69. The number of nitro groups is 1. The molecule has 0 fully saturated rings. The van der Waals surface area contributed by atoms with Crippen molar-refractivity contribution in [3.63, 3.8) is 0 Å².